The van der Waals surface area contributed by atoms with Crippen molar-refractivity contribution < 1.29 is 24.3 Å². The van der Waals surface area contributed by atoms with E-state index in [-0.39, 0.29) is 26.5 Å². The number of oxime groups is 1. The Hall–Kier alpha value is -2.10. The summed E-state index contributed by atoms with van der Waals surface area (Å²) in [6.45, 7) is 1.84. The summed E-state index contributed by atoms with van der Waals surface area (Å²) in [6, 6.07) is -0.882. The number of nitrogens with zero attached hydrogens (tertiary/aromatic N) is 5. The first-order valence-corrected chi connectivity index (χ1v) is 14.3. The summed E-state index contributed by atoms with van der Waals surface area (Å²) in [7, 11) is 1.31. The van der Waals surface area contributed by atoms with Gasteiger partial charge in [-0.2, -0.15) is 0 Å². The number of amidine groups is 1. The number of carbonyl (C=O) groups excluding carboxylic acids is 2. The van der Waals surface area contributed by atoms with Crippen LogP contribution in [0.1, 0.15) is 5.01 Å². The third kappa shape index (κ3) is 4.76. The number of β-lactam (4-membered cyclic amide) rings is 1. The summed E-state index contributed by atoms with van der Waals surface area (Å²) in [4.78, 5) is 47.1. The number of thioether (sulfide) groups is 2. The van der Waals surface area contributed by atoms with E-state index in [4.69, 9.17) is 10.6 Å². The van der Waals surface area contributed by atoms with Gasteiger partial charge >= 0.3 is 170 Å². The molecule has 1 aromatic rings. The summed E-state index contributed by atoms with van der Waals surface area (Å²) >= 11 is 4.18. The van der Waals surface area contributed by atoms with Crippen molar-refractivity contribution >= 4 is 73.4 Å². The van der Waals surface area contributed by atoms with Crippen LogP contribution in [0.4, 0.5) is 0 Å². The zero-order chi connectivity index (χ0) is 23.7. The molecule has 0 spiro atoms. The van der Waals surface area contributed by atoms with Crippen LogP contribution in [0.25, 0.3) is 0 Å². The van der Waals surface area contributed by atoms with Crippen LogP contribution >= 0.6 is 34.9 Å². The summed E-state index contributed by atoms with van der Waals surface area (Å²) in [5.41, 5.74) is 6.59. The van der Waals surface area contributed by atoms with Crippen molar-refractivity contribution in [2.75, 3.05) is 18.6 Å². The summed E-state index contributed by atoms with van der Waals surface area (Å²) in [5, 5.41) is 24.1. The monoisotopic (exact) mass is 577 g/mol. The van der Waals surface area contributed by atoms with Crippen LogP contribution in [0.2, 0.25) is 0 Å². The number of nitrogens with one attached hydrogen (secondary N) is 1. The number of carboxylic acid groups (broad SMARTS) is 1. The standard InChI is InChI=1S/C17H19N7O5S3Se/c1-7-20-21-17(32-7)31-6-8-5-30-14-9(13(26)24(14)10(8)15(27)28)19-12(25)11(22-29-2)23-3-4-33-16(23)18/h3-4,9,14,16H,5-6,18H2,1-2H3,(H,19,25)(H,27,28)/t9-,14-,16?/m1/s1. The maximum absolute atomic E-state index is 12.9. The van der Waals surface area contributed by atoms with Gasteiger partial charge in [0.25, 0.3) is 0 Å². The van der Waals surface area contributed by atoms with Crippen LogP contribution in [0.3, 0.4) is 0 Å². The van der Waals surface area contributed by atoms with Crippen molar-refractivity contribution in [3.63, 3.8) is 0 Å². The second-order valence-electron chi connectivity index (χ2n) is 6.81. The number of rotatable bonds is 6. The summed E-state index contributed by atoms with van der Waals surface area (Å²) < 4.78 is 0.734. The fraction of sp³-hybridized carbons (Fsp3) is 0.412. The normalized spacial score (nSPS) is 24.6. The molecule has 0 saturated carbocycles. The van der Waals surface area contributed by atoms with Gasteiger partial charge in [0.15, 0.2) is 4.34 Å². The first kappa shape index (κ1) is 24.0. The van der Waals surface area contributed by atoms with Crippen molar-refractivity contribution in [1.29, 1.82) is 0 Å². The van der Waals surface area contributed by atoms with E-state index in [0.29, 0.717) is 17.1 Å². The number of fused-ring (bicyclic) bond motifs is 1. The van der Waals surface area contributed by atoms with Crippen molar-refractivity contribution in [2.24, 2.45) is 10.9 Å². The van der Waals surface area contributed by atoms with Crippen LogP contribution < -0.4 is 11.1 Å². The van der Waals surface area contributed by atoms with Gasteiger partial charge in [-0.15, -0.1) is 10.2 Å². The molecule has 16 heteroatoms. The molecule has 3 aliphatic rings. The van der Waals surface area contributed by atoms with Crippen LogP contribution in [-0.2, 0) is 19.2 Å². The number of hydrogen-bond donors (Lipinski definition) is 3. The molecule has 4 N–H and O–H groups in total. The Labute approximate surface area is 207 Å². The van der Waals surface area contributed by atoms with Gasteiger partial charge in [0.05, 0.1) is 0 Å². The average Bonchev–Trinajstić information content (AvgIpc) is 3.40. The van der Waals surface area contributed by atoms with Gasteiger partial charge in [0.1, 0.15) is 5.01 Å². The number of carboxylic acids is 1. The first-order valence-electron chi connectivity index (χ1n) is 9.42. The molecule has 0 aromatic carbocycles. The number of carbonyl (C=O) groups is 3. The van der Waals surface area contributed by atoms with Crippen molar-refractivity contribution in [1.82, 2.24) is 25.3 Å². The summed E-state index contributed by atoms with van der Waals surface area (Å²) in [5.74, 6) is -1.57. The molecular weight excluding hydrogens is 557 g/mol. The van der Waals surface area contributed by atoms with E-state index in [1.807, 2.05) is 11.9 Å². The van der Waals surface area contributed by atoms with E-state index >= 15 is 0 Å². The molecule has 33 heavy (non-hydrogen) atoms. The molecule has 3 aliphatic heterocycles. The Morgan fingerprint density at radius 2 is 2.27 bits per heavy atom. The predicted octanol–water partition coefficient (Wildman–Crippen LogP) is -0.630. The molecular formula is C17H19N7O5S3Se. The van der Waals surface area contributed by atoms with Crippen LogP contribution in [0.5, 0.6) is 0 Å². The molecule has 176 valence electrons. The Balaban J connectivity index is 1.47. The molecule has 1 saturated heterocycles. The van der Waals surface area contributed by atoms with Crippen molar-refractivity contribution in [3.8, 4) is 0 Å². The predicted molar refractivity (Wildman–Crippen MR) is 124 cm³/mol. The molecule has 2 amide bonds. The number of amides is 2. The minimum absolute atomic E-state index is 0.0277. The Morgan fingerprint density at radius 1 is 1.48 bits per heavy atom. The van der Waals surface area contributed by atoms with Gasteiger partial charge in [-0.25, -0.2) is 0 Å². The number of hydrogen-bond acceptors (Lipinski definition) is 11. The third-order valence-corrected chi connectivity index (χ3v) is 9.80. The van der Waals surface area contributed by atoms with Crippen LogP contribution in [-0.4, -0.2) is 98.8 Å². The van der Waals surface area contributed by atoms with E-state index in [0.717, 1.165) is 9.35 Å². The number of aryl methyl sites for hydroxylation is 1. The molecule has 12 nitrogen and oxygen atoms in total. The number of aromatic nitrogens is 2. The number of aliphatic carboxylic acids is 1. The Bertz CT molecular complexity index is 1080. The first-order chi connectivity index (χ1) is 15.8. The Morgan fingerprint density at radius 3 is 2.88 bits per heavy atom. The minimum atomic E-state index is -1.18. The quantitative estimate of drug-likeness (QED) is 0.0987. The molecule has 0 bridgehead atoms. The molecule has 4 rings (SSSR count). The van der Waals surface area contributed by atoms with E-state index in [9.17, 15) is 19.5 Å². The topological polar surface area (TPSA) is 163 Å². The van der Waals surface area contributed by atoms with E-state index in [1.54, 1.807) is 6.20 Å². The van der Waals surface area contributed by atoms with Crippen molar-refractivity contribution in [3.05, 3.63) is 27.5 Å². The third-order valence-electron chi connectivity index (χ3n) is 4.75. The van der Waals surface area contributed by atoms with Gasteiger partial charge in [-0.1, -0.05) is 11.3 Å². The van der Waals surface area contributed by atoms with E-state index in [1.165, 1.54) is 51.8 Å². The fourth-order valence-corrected chi connectivity index (χ4v) is 7.99. The molecule has 0 radical (unpaired) electrons. The fourth-order valence-electron chi connectivity index (χ4n) is 3.30. The van der Waals surface area contributed by atoms with Crippen LogP contribution in [0, 0.1) is 6.92 Å². The molecule has 4 heterocycles. The zero-order valence-electron chi connectivity index (χ0n) is 17.3. The van der Waals surface area contributed by atoms with Gasteiger partial charge in [-0.05, 0) is 6.92 Å². The molecule has 0 aliphatic carbocycles. The summed E-state index contributed by atoms with van der Waals surface area (Å²) in [6.07, 6.45) is 1.65. The Kier molecular flexibility index (Phi) is 7.31. The van der Waals surface area contributed by atoms with Crippen LogP contribution in [0.15, 0.2) is 31.9 Å². The van der Waals surface area contributed by atoms with Gasteiger partial charge in [-0.3, -0.25) is 0 Å². The maximum atomic E-state index is 12.9. The molecule has 3 atom stereocenters. The molecule has 1 unspecified atom stereocenters. The number of nitrogens with two attached hydrogens (primary N) is 1. The van der Waals surface area contributed by atoms with Gasteiger partial charge in [0, 0.05) is 0 Å². The van der Waals surface area contributed by atoms with E-state index in [2.05, 4.69) is 20.7 Å². The van der Waals surface area contributed by atoms with Gasteiger partial charge in [0.2, 0.25) is 0 Å². The second kappa shape index (κ2) is 10.0. The molecule has 1 aromatic heterocycles. The van der Waals surface area contributed by atoms with Gasteiger partial charge < -0.3 is 0 Å². The van der Waals surface area contributed by atoms with E-state index < -0.39 is 34.3 Å². The zero-order valence-corrected chi connectivity index (χ0v) is 21.5. The van der Waals surface area contributed by atoms with Crippen molar-refractivity contribution in [2.45, 2.75) is 27.7 Å². The second-order valence-corrected chi connectivity index (χ2v) is 12.5. The molecule has 1 fully saturated rings. The average molecular weight is 577 g/mol. The SMILES string of the molecule is CON=C(C(=O)N[C@@H]1C(=O)N2C(C(=O)O)=C(CSc3nnc(C)s3)CS[C@H]12)N1C=C[Se]C1N.